The zero-order valence-electron chi connectivity index (χ0n) is 9.43. The molecule has 1 aromatic heterocycles. The van der Waals surface area contributed by atoms with Gasteiger partial charge in [0.05, 0.1) is 0 Å². The highest BCUT2D eigenvalue weighted by Gasteiger charge is 2.04. The van der Waals surface area contributed by atoms with Crippen LogP contribution in [0.4, 0.5) is 0 Å². The summed E-state index contributed by atoms with van der Waals surface area (Å²) in [5.41, 5.74) is 2.18. The van der Waals surface area contributed by atoms with Crippen molar-refractivity contribution < 1.29 is 9.67 Å². The number of aryl methyl sites for hydroxylation is 1. The van der Waals surface area contributed by atoms with Gasteiger partial charge in [0.1, 0.15) is 12.3 Å². The Morgan fingerprint density at radius 1 is 1.12 bits per heavy atom. The Kier molecular flexibility index (Phi) is 3.20. The molecule has 0 unspecified atom stereocenters. The van der Waals surface area contributed by atoms with E-state index in [4.69, 9.17) is 0 Å². The fourth-order valence-corrected chi connectivity index (χ4v) is 1.78. The van der Waals surface area contributed by atoms with Gasteiger partial charge in [-0.05, 0) is 23.8 Å². The van der Waals surface area contributed by atoms with E-state index in [1.807, 2.05) is 18.2 Å². The van der Waals surface area contributed by atoms with Gasteiger partial charge in [-0.2, -0.15) is 0 Å². The number of hydrogen-bond donors (Lipinski definition) is 1. The molecule has 2 aromatic rings. The van der Waals surface area contributed by atoms with Gasteiger partial charge in [-0.25, -0.2) is 4.57 Å². The number of benzene rings is 1. The van der Waals surface area contributed by atoms with Gasteiger partial charge in [-0.15, -0.1) is 0 Å². The Balaban J connectivity index is 2.36. The number of phenolic OH excluding ortho intramolecular Hbond substituents is 1. The molecule has 0 fully saturated rings. The molecule has 0 spiro atoms. The summed E-state index contributed by atoms with van der Waals surface area (Å²) >= 11 is 0. The zero-order chi connectivity index (χ0) is 11.4. The van der Waals surface area contributed by atoms with Crippen molar-refractivity contribution in [3.63, 3.8) is 0 Å². The maximum atomic E-state index is 9.44. The first-order chi connectivity index (χ1) is 7.79. The second-order valence-electron chi connectivity index (χ2n) is 3.88. The van der Waals surface area contributed by atoms with Gasteiger partial charge in [0.15, 0.2) is 12.4 Å². The smallest absolute Gasteiger partial charge is 0.176 e. The van der Waals surface area contributed by atoms with E-state index in [1.165, 1.54) is 0 Å². The van der Waals surface area contributed by atoms with Gasteiger partial charge in [0, 0.05) is 18.1 Å². The minimum absolute atomic E-state index is 0.309. The number of pyridine rings is 1. The SMILES string of the molecule is CCC[n+]1cccc(-c2cccc(O)c2)c1. The van der Waals surface area contributed by atoms with E-state index in [-0.39, 0.29) is 0 Å². The molecule has 0 amide bonds. The number of hydrogen-bond acceptors (Lipinski definition) is 1. The largest absolute Gasteiger partial charge is 0.508 e. The number of aromatic hydroxyl groups is 1. The molecule has 82 valence electrons. The fraction of sp³-hybridized carbons (Fsp3) is 0.214. The van der Waals surface area contributed by atoms with Crippen molar-refractivity contribution in [2.45, 2.75) is 19.9 Å². The third kappa shape index (κ3) is 2.40. The molecule has 0 aliphatic rings. The first kappa shape index (κ1) is 10.7. The van der Waals surface area contributed by atoms with Crippen LogP contribution in [-0.4, -0.2) is 5.11 Å². The second kappa shape index (κ2) is 4.79. The van der Waals surface area contributed by atoms with E-state index in [0.717, 1.165) is 24.1 Å². The third-order valence-corrected chi connectivity index (χ3v) is 2.52. The van der Waals surface area contributed by atoms with Crippen LogP contribution in [0.2, 0.25) is 0 Å². The average Bonchev–Trinajstić information content (AvgIpc) is 2.30. The number of aromatic nitrogens is 1. The van der Waals surface area contributed by atoms with E-state index in [2.05, 4.69) is 30.0 Å². The molecule has 1 aromatic carbocycles. The maximum Gasteiger partial charge on any atom is 0.176 e. The molecule has 0 aliphatic carbocycles. The Hall–Kier alpha value is -1.83. The lowest BCUT2D eigenvalue weighted by atomic mass is 10.1. The highest BCUT2D eigenvalue weighted by molar-refractivity contribution is 5.63. The minimum Gasteiger partial charge on any atom is -0.508 e. The molecule has 2 heteroatoms. The topological polar surface area (TPSA) is 24.1 Å². The van der Waals surface area contributed by atoms with Gasteiger partial charge in [0.25, 0.3) is 0 Å². The second-order valence-corrected chi connectivity index (χ2v) is 3.88. The van der Waals surface area contributed by atoms with E-state index in [9.17, 15) is 5.11 Å². The van der Waals surface area contributed by atoms with Crippen LogP contribution in [0, 0.1) is 0 Å². The molecule has 2 rings (SSSR count). The van der Waals surface area contributed by atoms with E-state index in [1.54, 1.807) is 12.1 Å². The van der Waals surface area contributed by atoms with Crippen LogP contribution in [-0.2, 0) is 6.54 Å². The maximum absolute atomic E-state index is 9.44. The first-order valence-corrected chi connectivity index (χ1v) is 5.58. The van der Waals surface area contributed by atoms with Crippen molar-refractivity contribution >= 4 is 0 Å². The summed E-state index contributed by atoms with van der Waals surface area (Å²) in [5, 5.41) is 9.44. The molecule has 2 nitrogen and oxygen atoms in total. The molecule has 0 bridgehead atoms. The molecule has 1 N–H and O–H groups in total. The van der Waals surface area contributed by atoms with Crippen molar-refractivity contribution in [2.75, 3.05) is 0 Å². The highest BCUT2D eigenvalue weighted by atomic mass is 16.3. The molecule has 0 saturated carbocycles. The monoisotopic (exact) mass is 214 g/mol. The predicted molar refractivity (Wildman–Crippen MR) is 64.0 cm³/mol. The molecule has 1 heterocycles. The molecule has 0 aliphatic heterocycles. The van der Waals surface area contributed by atoms with Crippen molar-refractivity contribution in [1.29, 1.82) is 0 Å². The lowest BCUT2D eigenvalue weighted by Crippen LogP contribution is -2.32. The summed E-state index contributed by atoms with van der Waals surface area (Å²) in [6.45, 7) is 3.18. The average molecular weight is 214 g/mol. The Morgan fingerprint density at radius 3 is 2.69 bits per heavy atom. The number of rotatable bonds is 3. The van der Waals surface area contributed by atoms with Crippen LogP contribution < -0.4 is 4.57 Å². The summed E-state index contributed by atoms with van der Waals surface area (Å²) in [7, 11) is 0. The lowest BCUT2D eigenvalue weighted by molar-refractivity contribution is -0.696. The van der Waals surface area contributed by atoms with Crippen LogP contribution in [0.5, 0.6) is 5.75 Å². The summed E-state index contributed by atoms with van der Waals surface area (Å²) in [6.07, 6.45) is 5.29. The Bertz CT molecular complexity index is 480. The van der Waals surface area contributed by atoms with Crippen LogP contribution in [0.15, 0.2) is 48.8 Å². The van der Waals surface area contributed by atoms with Gasteiger partial charge < -0.3 is 5.11 Å². The summed E-state index contributed by atoms with van der Waals surface area (Å²) in [5.74, 6) is 0.309. The predicted octanol–water partition coefficient (Wildman–Crippen LogP) is 2.76. The summed E-state index contributed by atoms with van der Waals surface area (Å²) in [4.78, 5) is 0. The molecule has 16 heavy (non-hydrogen) atoms. The molecule has 0 atom stereocenters. The number of phenols is 1. The molecule has 0 radical (unpaired) electrons. The van der Waals surface area contributed by atoms with E-state index < -0.39 is 0 Å². The third-order valence-electron chi connectivity index (χ3n) is 2.52. The van der Waals surface area contributed by atoms with Crippen LogP contribution in [0.1, 0.15) is 13.3 Å². The van der Waals surface area contributed by atoms with Gasteiger partial charge in [0.2, 0.25) is 0 Å². The van der Waals surface area contributed by atoms with E-state index >= 15 is 0 Å². The van der Waals surface area contributed by atoms with Crippen molar-refractivity contribution in [3.05, 3.63) is 48.8 Å². The first-order valence-electron chi connectivity index (χ1n) is 5.58. The quantitative estimate of drug-likeness (QED) is 0.780. The fourth-order valence-electron chi connectivity index (χ4n) is 1.78. The van der Waals surface area contributed by atoms with Gasteiger partial charge >= 0.3 is 0 Å². The van der Waals surface area contributed by atoms with Crippen LogP contribution >= 0.6 is 0 Å². The van der Waals surface area contributed by atoms with Crippen LogP contribution in [0.3, 0.4) is 0 Å². The standard InChI is InChI=1S/C14H15NO/c1-2-8-15-9-4-6-13(11-15)12-5-3-7-14(16)10-12/h3-7,9-11H,2,8H2,1H3/p+1. The normalized spacial score (nSPS) is 10.3. The van der Waals surface area contributed by atoms with Crippen molar-refractivity contribution in [1.82, 2.24) is 0 Å². The van der Waals surface area contributed by atoms with Crippen molar-refractivity contribution in [3.8, 4) is 16.9 Å². The molecule has 0 saturated heterocycles. The van der Waals surface area contributed by atoms with Crippen LogP contribution in [0.25, 0.3) is 11.1 Å². The molecular weight excluding hydrogens is 198 g/mol. The minimum atomic E-state index is 0.309. The Morgan fingerprint density at radius 2 is 1.94 bits per heavy atom. The number of nitrogens with zero attached hydrogens (tertiary/aromatic N) is 1. The zero-order valence-corrected chi connectivity index (χ0v) is 9.43. The Labute approximate surface area is 95.8 Å². The highest BCUT2D eigenvalue weighted by Crippen LogP contribution is 2.21. The van der Waals surface area contributed by atoms with Gasteiger partial charge in [-0.3, -0.25) is 0 Å². The van der Waals surface area contributed by atoms with Gasteiger partial charge in [-0.1, -0.05) is 19.1 Å². The molecular formula is C14H16NO+. The van der Waals surface area contributed by atoms with Crippen molar-refractivity contribution in [2.24, 2.45) is 0 Å². The summed E-state index contributed by atoms with van der Waals surface area (Å²) in [6, 6.07) is 11.4. The summed E-state index contributed by atoms with van der Waals surface area (Å²) < 4.78 is 2.17. The lowest BCUT2D eigenvalue weighted by Gasteiger charge is -2.01. The van der Waals surface area contributed by atoms with E-state index in [0.29, 0.717) is 5.75 Å².